The molecular formula is C19H20N2O2S. The van der Waals surface area contributed by atoms with Crippen molar-refractivity contribution in [3.63, 3.8) is 0 Å². The highest BCUT2D eigenvalue weighted by molar-refractivity contribution is 8.14. The summed E-state index contributed by atoms with van der Waals surface area (Å²) in [5.74, 6) is 1.84. The number of ketones is 1. The number of carbonyl (C=O) groups excluding carboxylic acids is 1. The Hall–Kier alpha value is -2.27. The number of hydrogen-bond acceptors (Lipinski definition) is 5. The van der Waals surface area contributed by atoms with Crippen LogP contribution in [0.15, 0.2) is 53.5 Å². The van der Waals surface area contributed by atoms with E-state index in [9.17, 15) is 4.79 Å². The molecule has 5 heteroatoms. The van der Waals surface area contributed by atoms with Crippen molar-refractivity contribution in [2.45, 2.75) is 6.92 Å². The van der Waals surface area contributed by atoms with E-state index in [0.29, 0.717) is 0 Å². The van der Waals surface area contributed by atoms with E-state index in [2.05, 4.69) is 4.99 Å². The standard InChI is InChI=1S/C19H20N2O2S/c1-14-3-5-15(6-4-14)18(22)13-21(19-20-11-12-24-19)16-7-9-17(23-2)10-8-16/h3-10H,11-13H2,1-2H3. The fourth-order valence-corrected chi connectivity index (χ4v) is 3.37. The summed E-state index contributed by atoms with van der Waals surface area (Å²) in [5.41, 5.74) is 2.82. The highest BCUT2D eigenvalue weighted by Gasteiger charge is 2.21. The molecule has 0 fully saturated rings. The number of ether oxygens (including phenoxy) is 1. The van der Waals surface area contributed by atoms with Gasteiger partial charge in [-0.15, -0.1) is 0 Å². The van der Waals surface area contributed by atoms with Crippen LogP contribution in [0.3, 0.4) is 0 Å². The summed E-state index contributed by atoms with van der Waals surface area (Å²) in [6.07, 6.45) is 0. The zero-order valence-corrected chi connectivity index (χ0v) is 14.7. The normalized spacial score (nSPS) is 13.5. The first-order chi connectivity index (χ1) is 11.7. The van der Waals surface area contributed by atoms with Gasteiger partial charge in [0, 0.05) is 17.0 Å². The van der Waals surface area contributed by atoms with Gasteiger partial charge in [0.05, 0.1) is 20.2 Å². The lowest BCUT2D eigenvalue weighted by Crippen LogP contribution is -2.33. The third-order valence-corrected chi connectivity index (χ3v) is 4.85. The molecule has 3 rings (SSSR count). The van der Waals surface area contributed by atoms with Crippen molar-refractivity contribution in [3.8, 4) is 5.75 Å². The number of rotatable bonds is 5. The quantitative estimate of drug-likeness (QED) is 0.777. The summed E-state index contributed by atoms with van der Waals surface area (Å²) in [5, 5.41) is 0.903. The molecule has 1 aliphatic heterocycles. The van der Waals surface area contributed by atoms with E-state index in [4.69, 9.17) is 4.74 Å². The van der Waals surface area contributed by atoms with Gasteiger partial charge >= 0.3 is 0 Å². The van der Waals surface area contributed by atoms with E-state index in [-0.39, 0.29) is 12.3 Å². The van der Waals surface area contributed by atoms with Gasteiger partial charge in [0.2, 0.25) is 0 Å². The number of thioether (sulfide) groups is 1. The minimum absolute atomic E-state index is 0.0843. The summed E-state index contributed by atoms with van der Waals surface area (Å²) < 4.78 is 5.22. The van der Waals surface area contributed by atoms with Crippen LogP contribution in [0.5, 0.6) is 5.75 Å². The summed E-state index contributed by atoms with van der Waals surface area (Å²) >= 11 is 1.69. The molecule has 1 aliphatic rings. The van der Waals surface area contributed by atoms with Crippen LogP contribution in [0.4, 0.5) is 5.69 Å². The van der Waals surface area contributed by atoms with Crippen LogP contribution < -0.4 is 9.64 Å². The molecule has 4 nitrogen and oxygen atoms in total. The topological polar surface area (TPSA) is 41.9 Å². The summed E-state index contributed by atoms with van der Waals surface area (Å²) in [4.78, 5) is 19.2. The molecule has 0 spiro atoms. The zero-order chi connectivity index (χ0) is 16.9. The molecule has 2 aromatic rings. The molecule has 124 valence electrons. The van der Waals surface area contributed by atoms with Crippen LogP contribution in [0.1, 0.15) is 15.9 Å². The van der Waals surface area contributed by atoms with Crippen molar-refractivity contribution >= 4 is 28.4 Å². The Balaban J connectivity index is 1.84. The average molecular weight is 340 g/mol. The molecule has 0 saturated carbocycles. The second-order valence-electron chi connectivity index (χ2n) is 5.59. The van der Waals surface area contributed by atoms with Gasteiger partial charge in [-0.25, -0.2) is 0 Å². The van der Waals surface area contributed by atoms with Crippen LogP contribution >= 0.6 is 11.8 Å². The van der Waals surface area contributed by atoms with Crippen LogP contribution in [0.25, 0.3) is 0 Å². The Morgan fingerprint density at radius 1 is 1.17 bits per heavy atom. The van der Waals surface area contributed by atoms with Crippen LogP contribution in [0, 0.1) is 6.92 Å². The van der Waals surface area contributed by atoms with Crippen molar-refractivity contribution in [3.05, 3.63) is 59.7 Å². The van der Waals surface area contributed by atoms with Gasteiger partial charge in [-0.1, -0.05) is 41.6 Å². The Bertz CT molecular complexity index is 739. The summed E-state index contributed by atoms with van der Waals surface area (Å²) in [7, 11) is 1.64. The smallest absolute Gasteiger partial charge is 0.182 e. The van der Waals surface area contributed by atoms with E-state index >= 15 is 0 Å². The van der Waals surface area contributed by atoms with Crippen molar-refractivity contribution in [2.24, 2.45) is 4.99 Å². The summed E-state index contributed by atoms with van der Waals surface area (Å²) in [6, 6.07) is 15.4. The second-order valence-corrected chi connectivity index (χ2v) is 6.65. The number of hydrogen-bond donors (Lipinski definition) is 0. The number of aliphatic imine (C=N–C) groups is 1. The minimum Gasteiger partial charge on any atom is -0.497 e. The molecule has 1 heterocycles. The third-order valence-electron chi connectivity index (χ3n) is 3.86. The van der Waals surface area contributed by atoms with E-state index in [1.165, 1.54) is 0 Å². The van der Waals surface area contributed by atoms with E-state index < -0.39 is 0 Å². The monoisotopic (exact) mass is 340 g/mol. The second kappa shape index (κ2) is 7.53. The van der Waals surface area contributed by atoms with E-state index in [0.717, 1.165) is 40.0 Å². The average Bonchev–Trinajstić information content (AvgIpc) is 3.14. The fourth-order valence-electron chi connectivity index (χ4n) is 2.49. The molecule has 0 aromatic heterocycles. The van der Waals surface area contributed by atoms with Gasteiger partial charge in [0.25, 0.3) is 0 Å². The minimum atomic E-state index is 0.0843. The molecule has 0 radical (unpaired) electrons. The first-order valence-corrected chi connectivity index (χ1v) is 8.84. The molecule has 0 unspecified atom stereocenters. The highest BCUT2D eigenvalue weighted by atomic mass is 32.2. The molecule has 0 aliphatic carbocycles. The van der Waals surface area contributed by atoms with Gasteiger partial charge in [0.1, 0.15) is 5.75 Å². The maximum Gasteiger partial charge on any atom is 0.182 e. The molecule has 2 aromatic carbocycles. The molecular weight excluding hydrogens is 320 g/mol. The number of methoxy groups -OCH3 is 1. The Morgan fingerprint density at radius 3 is 2.46 bits per heavy atom. The maximum atomic E-state index is 12.7. The van der Waals surface area contributed by atoms with Crippen molar-refractivity contribution in [1.29, 1.82) is 0 Å². The predicted molar refractivity (Wildman–Crippen MR) is 101 cm³/mol. The number of benzene rings is 2. The van der Waals surface area contributed by atoms with Crippen molar-refractivity contribution < 1.29 is 9.53 Å². The third kappa shape index (κ3) is 3.79. The summed E-state index contributed by atoms with van der Waals surface area (Å²) in [6.45, 7) is 3.09. The first-order valence-electron chi connectivity index (χ1n) is 7.86. The number of aryl methyl sites for hydroxylation is 1. The molecule has 0 bridgehead atoms. The number of amidine groups is 1. The number of Topliss-reactive ketones (excluding diaryl/α,β-unsaturated/α-hetero) is 1. The zero-order valence-electron chi connectivity index (χ0n) is 13.9. The van der Waals surface area contributed by atoms with Gasteiger partial charge in [0.15, 0.2) is 11.0 Å². The van der Waals surface area contributed by atoms with E-state index in [1.54, 1.807) is 18.9 Å². The molecule has 0 amide bonds. The highest BCUT2D eigenvalue weighted by Crippen LogP contribution is 2.25. The molecule has 0 atom stereocenters. The van der Waals surface area contributed by atoms with Gasteiger partial charge < -0.3 is 9.64 Å². The SMILES string of the molecule is COc1ccc(N(CC(=O)c2ccc(C)cc2)C2=NCCS2)cc1. The lowest BCUT2D eigenvalue weighted by Gasteiger charge is -2.23. The molecule has 24 heavy (non-hydrogen) atoms. The molecule has 0 saturated heterocycles. The van der Waals surface area contributed by atoms with E-state index in [1.807, 2.05) is 60.4 Å². The number of carbonyl (C=O) groups is 1. The Morgan fingerprint density at radius 2 is 1.88 bits per heavy atom. The first kappa shape index (κ1) is 16.6. The predicted octanol–water partition coefficient (Wildman–Crippen LogP) is 3.80. The molecule has 0 N–H and O–H groups in total. The van der Waals surface area contributed by atoms with Crippen molar-refractivity contribution in [1.82, 2.24) is 0 Å². The fraction of sp³-hybridized carbons (Fsp3) is 0.263. The largest absolute Gasteiger partial charge is 0.497 e. The van der Waals surface area contributed by atoms with Gasteiger partial charge in [-0.2, -0.15) is 0 Å². The Kier molecular flexibility index (Phi) is 5.20. The van der Waals surface area contributed by atoms with Crippen molar-refractivity contribution in [2.75, 3.05) is 30.9 Å². The van der Waals surface area contributed by atoms with Crippen LogP contribution in [-0.2, 0) is 0 Å². The van der Waals surface area contributed by atoms with Gasteiger partial charge in [-0.3, -0.25) is 9.79 Å². The van der Waals surface area contributed by atoms with Gasteiger partial charge in [-0.05, 0) is 31.2 Å². The number of nitrogens with zero attached hydrogens (tertiary/aromatic N) is 2. The lowest BCUT2D eigenvalue weighted by molar-refractivity contribution is 0.100. The number of anilines is 1. The van der Waals surface area contributed by atoms with Crippen LogP contribution in [0.2, 0.25) is 0 Å². The lowest BCUT2D eigenvalue weighted by atomic mass is 10.1. The van der Waals surface area contributed by atoms with Crippen LogP contribution in [-0.4, -0.2) is 36.9 Å². The Labute approximate surface area is 146 Å². The maximum absolute atomic E-state index is 12.7.